The summed E-state index contributed by atoms with van der Waals surface area (Å²) in [5.41, 5.74) is 4.39. The monoisotopic (exact) mass is 346 g/mol. The fourth-order valence-electron chi connectivity index (χ4n) is 2.73. The van der Waals surface area contributed by atoms with Crippen LogP contribution in [0.4, 0.5) is 10.8 Å². The molecular weight excluding hydrogens is 335 g/mol. The lowest BCUT2D eigenvalue weighted by atomic mass is 9.94. The number of halogens is 2. The predicted octanol–water partition coefficient (Wildman–Crippen LogP) is 5.96. The number of nitrogens with zero attached hydrogens (tertiary/aromatic N) is 1. The van der Waals surface area contributed by atoms with Gasteiger partial charge in [-0.05, 0) is 30.5 Å². The third-order valence-electron chi connectivity index (χ3n) is 3.79. The van der Waals surface area contributed by atoms with Gasteiger partial charge in [-0.25, -0.2) is 4.98 Å². The smallest absolute Gasteiger partial charge is 0.188 e. The molecule has 1 N–H and O–H groups in total. The van der Waals surface area contributed by atoms with Gasteiger partial charge in [0.25, 0.3) is 0 Å². The van der Waals surface area contributed by atoms with Gasteiger partial charge in [-0.1, -0.05) is 53.5 Å². The number of hydrogen-bond donors (Lipinski definition) is 1. The summed E-state index contributed by atoms with van der Waals surface area (Å²) in [7, 11) is 0. The molecule has 0 atom stereocenters. The second-order valence-electron chi connectivity index (χ2n) is 5.17. The number of hydrogen-bond acceptors (Lipinski definition) is 3. The lowest BCUT2D eigenvalue weighted by molar-refractivity contribution is 0.955. The molecule has 4 rings (SSSR count). The minimum absolute atomic E-state index is 0.598. The molecule has 5 heteroatoms. The van der Waals surface area contributed by atoms with E-state index in [4.69, 9.17) is 28.2 Å². The van der Waals surface area contributed by atoms with Crippen LogP contribution in [0.3, 0.4) is 0 Å². The van der Waals surface area contributed by atoms with Gasteiger partial charge in [-0.2, -0.15) is 0 Å². The van der Waals surface area contributed by atoms with Crippen LogP contribution < -0.4 is 5.32 Å². The van der Waals surface area contributed by atoms with E-state index in [9.17, 15) is 0 Å². The number of nitrogens with one attached hydrogen (secondary N) is 1. The molecule has 0 fully saturated rings. The largest absolute Gasteiger partial charge is 0.329 e. The molecule has 2 aromatic carbocycles. The van der Waals surface area contributed by atoms with Gasteiger partial charge in [0.1, 0.15) is 0 Å². The number of thiazole rings is 1. The highest BCUT2D eigenvalue weighted by molar-refractivity contribution is 7.16. The normalized spacial score (nSPS) is 12.6. The molecule has 0 bridgehead atoms. The second kappa shape index (κ2) is 5.58. The molecule has 1 heterocycles. The van der Waals surface area contributed by atoms with Crippen molar-refractivity contribution in [3.8, 4) is 11.3 Å². The van der Waals surface area contributed by atoms with Crippen LogP contribution >= 0.6 is 34.5 Å². The van der Waals surface area contributed by atoms with Crippen molar-refractivity contribution in [1.82, 2.24) is 4.98 Å². The Morgan fingerprint density at radius 2 is 1.73 bits per heavy atom. The van der Waals surface area contributed by atoms with Gasteiger partial charge in [0.15, 0.2) is 5.13 Å². The summed E-state index contributed by atoms with van der Waals surface area (Å²) in [6.45, 7) is 0. The van der Waals surface area contributed by atoms with Gasteiger partial charge < -0.3 is 5.32 Å². The summed E-state index contributed by atoms with van der Waals surface area (Å²) in [5, 5.41) is 5.30. The minimum Gasteiger partial charge on any atom is -0.329 e. The molecule has 0 spiro atoms. The molecule has 0 saturated carbocycles. The zero-order chi connectivity index (χ0) is 15.1. The van der Waals surface area contributed by atoms with Crippen molar-refractivity contribution in [2.45, 2.75) is 12.8 Å². The van der Waals surface area contributed by atoms with E-state index < -0.39 is 0 Å². The number of anilines is 2. The Kier molecular flexibility index (Phi) is 3.57. The maximum atomic E-state index is 6.22. The number of fused-ring (bicyclic) bond motifs is 3. The maximum absolute atomic E-state index is 6.22. The lowest BCUT2D eigenvalue weighted by Gasteiger charge is -2.13. The molecule has 110 valence electrons. The SMILES string of the molecule is Clc1cccc(Cl)c1Nc1nc2c(s1)CCc1ccccc1-2. The zero-order valence-corrected chi connectivity index (χ0v) is 13.9. The maximum Gasteiger partial charge on any atom is 0.188 e. The number of rotatable bonds is 2. The van der Waals surface area contributed by atoms with Crippen molar-refractivity contribution in [2.24, 2.45) is 0 Å². The van der Waals surface area contributed by atoms with Gasteiger partial charge >= 0.3 is 0 Å². The Morgan fingerprint density at radius 1 is 0.955 bits per heavy atom. The zero-order valence-electron chi connectivity index (χ0n) is 11.6. The quantitative estimate of drug-likeness (QED) is 0.619. The molecule has 1 aromatic heterocycles. The summed E-state index contributed by atoms with van der Waals surface area (Å²) in [4.78, 5) is 6.07. The van der Waals surface area contributed by atoms with Crippen LogP contribution in [-0.2, 0) is 12.8 Å². The van der Waals surface area contributed by atoms with E-state index in [0.29, 0.717) is 15.7 Å². The molecule has 1 aliphatic carbocycles. The van der Waals surface area contributed by atoms with Gasteiger partial charge in [0.05, 0.1) is 21.4 Å². The van der Waals surface area contributed by atoms with Crippen molar-refractivity contribution in [3.63, 3.8) is 0 Å². The Hall–Kier alpha value is -1.55. The summed E-state index contributed by atoms with van der Waals surface area (Å²) >= 11 is 14.1. The van der Waals surface area contributed by atoms with E-state index in [-0.39, 0.29) is 0 Å². The Bertz CT molecular complexity index is 837. The van der Waals surface area contributed by atoms with Crippen molar-refractivity contribution >= 4 is 45.4 Å². The summed E-state index contributed by atoms with van der Waals surface area (Å²) < 4.78 is 0. The van der Waals surface area contributed by atoms with E-state index >= 15 is 0 Å². The summed E-state index contributed by atoms with van der Waals surface area (Å²) in [6.07, 6.45) is 2.10. The van der Waals surface area contributed by atoms with Gasteiger partial charge in [-0.3, -0.25) is 0 Å². The summed E-state index contributed by atoms with van der Waals surface area (Å²) in [6, 6.07) is 13.9. The topological polar surface area (TPSA) is 24.9 Å². The molecule has 0 amide bonds. The van der Waals surface area contributed by atoms with Gasteiger partial charge in [0, 0.05) is 10.4 Å². The molecule has 0 saturated heterocycles. The fourth-order valence-corrected chi connectivity index (χ4v) is 4.20. The highest BCUT2D eigenvalue weighted by Gasteiger charge is 2.21. The molecular formula is C17H12Cl2N2S. The minimum atomic E-state index is 0.598. The van der Waals surface area contributed by atoms with Crippen molar-refractivity contribution < 1.29 is 0 Å². The molecule has 22 heavy (non-hydrogen) atoms. The van der Waals surface area contributed by atoms with E-state index in [1.807, 2.05) is 18.2 Å². The first-order valence-corrected chi connectivity index (χ1v) is 8.58. The fraction of sp³-hybridized carbons (Fsp3) is 0.118. The number of benzene rings is 2. The van der Waals surface area contributed by atoms with Crippen LogP contribution in [0.25, 0.3) is 11.3 Å². The van der Waals surface area contributed by atoms with Gasteiger partial charge in [-0.15, -0.1) is 11.3 Å². The third kappa shape index (κ3) is 2.39. The predicted molar refractivity (Wildman–Crippen MR) is 94.7 cm³/mol. The Morgan fingerprint density at radius 3 is 2.55 bits per heavy atom. The molecule has 0 radical (unpaired) electrons. The second-order valence-corrected chi connectivity index (χ2v) is 7.07. The third-order valence-corrected chi connectivity index (χ3v) is 5.45. The molecule has 0 aliphatic heterocycles. The standard InChI is InChI=1S/C17H12Cl2N2S/c18-12-6-3-7-13(19)16(12)21-17-20-15-11-5-2-1-4-10(11)8-9-14(15)22-17/h1-7H,8-9H2,(H,20,21). The van der Waals surface area contributed by atoms with Crippen molar-refractivity contribution in [3.05, 3.63) is 63.0 Å². The van der Waals surface area contributed by atoms with E-state index in [2.05, 4.69) is 29.6 Å². The average Bonchev–Trinajstić information content (AvgIpc) is 2.94. The van der Waals surface area contributed by atoms with Crippen LogP contribution in [-0.4, -0.2) is 4.98 Å². The molecule has 3 aromatic rings. The van der Waals surface area contributed by atoms with E-state index in [1.54, 1.807) is 11.3 Å². The first kappa shape index (κ1) is 14.1. The summed E-state index contributed by atoms with van der Waals surface area (Å²) in [5.74, 6) is 0. The van der Waals surface area contributed by atoms with Crippen LogP contribution in [0.15, 0.2) is 42.5 Å². The average molecular weight is 347 g/mol. The number of aryl methyl sites for hydroxylation is 2. The number of para-hydroxylation sites is 1. The van der Waals surface area contributed by atoms with Crippen LogP contribution in [0, 0.1) is 0 Å². The van der Waals surface area contributed by atoms with Crippen LogP contribution in [0.2, 0.25) is 10.0 Å². The highest BCUT2D eigenvalue weighted by atomic mass is 35.5. The van der Waals surface area contributed by atoms with E-state index in [0.717, 1.165) is 23.7 Å². The molecule has 2 nitrogen and oxygen atoms in total. The number of aromatic nitrogens is 1. The van der Waals surface area contributed by atoms with Crippen molar-refractivity contribution in [1.29, 1.82) is 0 Å². The molecule has 0 unspecified atom stereocenters. The van der Waals surface area contributed by atoms with Gasteiger partial charge in [0.2, 0.25) is 0 Å². The van der Waals surface area contributed by atoms with E-state index in [1.165, 1.54) is 16.0 Å². The highest BCUT2D eigenvalue weighted by Crippen LogP contribution is 2.40. The Balaban J connectivity index is 1.74. The molecule has 1 aliphatic rings. The first-order valence-electron chi connectivity index (χ1n) is 7.01. The lowest BCUT2D eigenvalue weighted by Crippen LogP contribution is -2.01. The Labute approximate surface area is 142 Å². The van der Waals surface area contributed by atoms with Crippen LogP contribution in [0.1, 0.15) is 10.4 Å². The van der Waals surface area contributed by atoms with Crippen molar-refractivity contribution in [2.75, 3.05) is 5.32 Å². The van der Waals surface area contributed by atoms with Crippen LogP contribution in [0.5, 0.6) is 0 Å². The first-order chi connectivity index (χ1) is 10.7.